The first-order valence-corrected chi connectivity index (χ1v) is 13.2. The molecule has 42 heavy (non-hydrogen) atoms. The van der Waals surface area contributed by atoms with Gasteiger partial charge in [-0.2, -0.15) is 26.3 Å². The van der Waals surface area contributed by atoms with E-state index in [9.17, 15) is 45.8 Å². The van der Waals surface area contributed by atoms with E-state index in [4.69, 9.17) is 4.74 Å². The van der Waals surface area contributed by atoms with Crippen LogP contribution in [0.15, 0.2) is 48.5 Å². The van der Waals surface area contributed by atoms with Crippen molar-refractivity contribution in [2.24, 2.45) is 0 Å². The van der Waals surface area contributed by atoms with Crippen molar-refractivity contribution in [2.75, 3.05) is 19.6 Å². The summed E-state index contributed by atoms with van der Waals surface area (Å²) in [6.07, 6.45) is -9.81. The summed E-state index contributed by atoms with van der Waals surface area (Å²) in [5, 5.41) is 9.49. The minimum absolute atomic E-state index is 0.0368. The number of carbonyl (C=O) groups is 3. The SMILES string of the molecule is CC(C)(C)OC(=O)CN(CC(=O)O)C1CCN(C(=O)c2cc(C(F)(F)F)cc(C(F)(F)F)c2)C(Cc2ccccc2)C1. The average molecular weight is 603 g/mol. The third kappa shape index (κ3) is 9.20. The van der Waals surface area contributed by atoms with Gasteiger partial charge >= 0.3 is 24.3 Å². The average Bonchev–Trinajstić information content (AvgIpc) is 2.86. The van der Waals surface area contributed by atoms with Crippen LogP contribution in [-0.2, 0) is 33.1 Å². The van der Waals surface area contributed by atoms with E-state index in [1.165, 1.54) is 9.80 Å². The van der Waals surface area contributed by atoms with E-state index in [2.05, 4.69) is 0 Å². The number of likely N-dealkylation sites (tertiary alicyclic amines) is 1. The molecule has 1 heterocycles. The molecule has 1 saturated heterocycles. The number of halogens is 6. The first kappa shape index (κ1) is 32.9. The lowest BCUT2D eigenvalue weighted by molar-refractivity contribution is -0.158. The number of amides is 1. The first-order valence-electron chi connectivity index (χ1n) is 13.2. The maximum atomic E-state index is 13.6. The van der Waals surface area contributed by atoms with Crippen LogP contribution in [0.3, 0.4) is 0 Å². The summed E-state index contributed by atoms with van der Waals surface area (Å²) < 4.78 is 86.2. The molecule has 7 nitrogen and oxygen atoms in total. The highest BCUT2D eigenvalue weighted by Gasteiger charge is 2.40. The van der Waals surface area contributed by atoms with Crippen LogP contribution in [0.1, 0.15) is 60.7 Å². The monoisotopic (exact) mass is 602 g/mol. The summed E-state index contributed by atoms with van der Waals surface area (Å²) in [7, 11) is 0. The summed E-state index contributed by atoms with van der Waals surface area (Å²) in [6, 6.07) is 8.26. The molecule has 2 aromatic rings. The second kappa shape index (κ2) is 12.7. The van der Waals surface area contributed by atoms with Crippen LogP contribution in [0, 0.1) is 0 Å². The van der Waals surface area contributed by atoms with E-state index in [0.29, 0.717) is 12.1 Å². The molecule has 0 bridgehead atoms. The molecule has 230 valence electrons. The Morgan fingerprint density at radius 3 is 2.00 bits per heavy atom. The molecular formula is C29H32F6N2O5. The van der Waals surface area contributed by atoms with Crippen molar-refractivity contribution in [1.29, 1.82) is 0 Å². The van der Waals surface area contributed by atoms with Gasteiger partial charge in [0.15, 0.2) is 0 Å². The highest BCUT2D eigenvalue weighted by Crippen LogP contribution is 2.37. The summed E-state index contributed by atoms with van der Waals surface area (Å²) >= 11 is 0. The fourth-order valence-corrected chi connectivity index (χ4v) is 4.98. The van der Waals surface area contributed by atoms with Gasteiger partial charge in [-0.3, -0.25) is 19.3 Å². The predicted octanol–water partition coefficient (Wildman–Crippen LogP) is 5.67. The summed E-state index contributed by atoms with van der Waals surface area (Å²) in [4.78, 5) is 40.4. The standard InChI is InChI=1S/C29H32F6N2O5/c1-27(2,3)42-25(40)17-36(16-24(38)39)22-9-10-37(23(15-22)11-18-7-5-4-6-8-18)26(41)19-12-20(28(30,31)32)14-21(13-19)29(33,34)35/h4-8,12-14,22-23H,9-11,15-17H2,1-3H3,(H,38,39). The Kier molecular flexibility index (Phi) is 9.96. The zero-order valence-electron chi connectivity index (χ0n) is 23.3. The molecule has 0 aromatic heterocycles. The van der Waals surface area contributed by atoms with Crippen LogP contribution in [0.5, 0.6) is 0 Å². The molecule has 1 N–H and O–H groups in total. The summed E-state index contributed by atoms with van der Waals surface area (Å²) in [6.45, 7) is 4.00. The Morgan fingerprint density at radius 2 is 1.50 bits per heavy atom. The Morgan fingerprint density at radius 1 is 0.929 bits per heavy atom. The third-order valence-electron chi connectivity index (χ3n) is 6.70. The van der Waals surface area contributed by atoms with Crippen LogP contribution in [0.4, 0.5) is 26.3 Å². The number of benzene rings is 2. The second-order valence-electron chi connectivity index (χ2n) is 11.2. The Hall–Kier alpha value is -3.61. The molecular weight excluding hydrogens is 570 g/mol. The fraction of sp³-hybridized carbons (Fsp3) is 0.483. The lowest BCUT2D eigenvalue weighted by Crippen LogP contribution is -2.54. The highest BCUT2D eigenvalue weighted by molar-refractivity contribution is 5.95. The Bertz CT molecular complexity index is 1240. The molecule has 0 spiro atoms. The lowest BCUT2D eigenvalue weighted by Gasteiger charge is -2.43. The highest BCUT2D eigenvalue weighted by atomic mass is 19.4. The van der Waals surface area contributed by atoms with E-state index >= 15 is 0 Å². The van der Waals surface area contributed by atoms with Gasteiger partial charge in [-0.05, 0) is 63.8 Å². The van der Waals surface area contributed by atoms with Gasteiger partial charge in [0, 0.05) is 24.2 Å². The Balaban J connectivity index is 1.96. The van der Waals surface area contributed by atoms with Gasteiger partial charge in [-0.1, -0.05) is 30.3 Å². The molecule has 1 fully saturated rings. The fourth-order valence-electron chi connectivity index (χ4n) is 4.98. The summed E-state index contributed by atoms with van der Waals surface area (Å²) in [5.41, 5.74) is -4.03. The van der Waals surface area contributed by atoms with E-state index in [-0.39, 0.29) is 38.4 Å². The van der Waals surface area contributed by atoms with Gasteiger partial charge in [-0.15, -0.1) is 0 Å². The van der Waals surface area contributed by atoms with Crippen molar-refractivity contribution in [3.63, 3.8) is 0 Å². The minimum Gasteiger partial charge on any atom is -0.480 e. The first-order chi connectivity index (χ1) is 19.3. The van der Waals surface area contributed by atoms with E-state index in [0.717, 1.165) is 5.56 Å². The van der Waals surface area contributed by atoms with Gasteiger partial charge in [0.05, 0.1) is 24.2 Å². The maximum absolute atomic E-state index is 13.6. The number of carboxylic acids is 1. The molecule has 2 unspecified atom stereocenters. The van der Waals surface area contributed by atoms with E-state index < -0.39 is 71.1 Å². The largest absolute Gasteiger partial charge is 0.480 e. The van der Waals surface area contributed by atoms with Crippen LogP contribution < -0.4 is 0 Å². The molecule has 3 rings (SSSR count). The number of aliphatic carboxylic acids is 1. The molecule has 0 saturated carbocycles. The number of hydrogen-bond acceptors (Lipinski definition) is 5. The number of esters is 1. The second-order valence-corrected chi connectivity index (χ2v) is 11.2. The molecule has 1 aliphatic heterocycles. The number of carboxylic acid groups (broad SMARTS) is 1. The zero-order chi connectivity index (χ0) is 31.5. The molecule has 13 heteroatoms. The van der Waals surface area contributed by atoms with Crippen molar-refractivity contribution in [2.45, 2.75) is 70.1 Å². The smallest absolute Gasteiger partial charge is 0.416 e. The van der Waals surface area contributed by atoms with Crippen LogP contribution in [0.25, 0.3) is 0 Å². The molecule has 1 aliphatic rings. The molecule has 2 aromatic carbocycles. The zero-order valence-corrected chi connectivity index (χ0v) is 23.3. The van der Waals surface area contributed by atoms with E-state index in [1.54, 1.807) is 51.1 Å². The van der Waals surface area contributed by atoms with Gasteiger partial charge in [0.1, 0.15) is 5.60 Å². The van der Waals surface area contributed by atoms with Gasteiger partial charge in [0.2, 0.25) is 0 Å². The van der Waals surface area contributed by atoms with Crippen LogP contribution >= 0.6 is 0 Å². The van der Waals surface area contributed by atoms with E-state index in [1.807, 2.05) is 0 Å². The summed E-state index contributed by atoms with van der Waals surface area (Å²) in [5.74, 6) is -2.88. The molecule has 1 amide bonds. The molecule has 0 aliphatic carbocycles. The number of alkyl halides is 6. The Labute approximate surface area is 239 Å². The third-order valence-corrected chi connectivity index (χ3v) is 6.70. The number of nitrogens with zero attached hydrogens (tertiary/aromatic N) is 2. The number of ether oxygens (including phenoxy) is 1. The van der Waals surface area contributed by atoms with Crippen molar-refractivity contribution in [3.05, 3.63) is 70.8 Å². The number of carbonyl (C=O) groups excluding carboxylic acids is 2. The van der Waals surface area contributed by atoms with Gasteiger partial charge in [0.25, 0.3) is 5.91 Å². The van der Waals surface area contributed by atoms with Crippen molar-refractivity contribution in [1.82, 2.24) is 9.80 Å². The molecule has 2 atom stereocenters. The lowest BCUT2D eigenvalue weighted by atomic mass is 9.90. The number of hydrogen-bond donors (Lipinski definition) is 1. The minimum atomic E-state index is -5.12. The predicted molar refractivity (Wildman–Crippen MR) is 139 cm³/mol. The normalized spacial score (nSPS) is 18.2. The van der Waals surface area contributed by atoms with Crippen molar-refractivity contribution in [3.8, 4) is 0 Å². The van der Waals surface area contributed by atoms with Gasteiger partial charge in [-0.25, -0.2) is 0 Å². The van der Waals surface area contributed by atoms with Crippen LogP contribution in [0.2, 0.25) is 0 Å². The quantitative estimate of drug-likeness (QED) is 0.310. The van der Waals surface area contributed by atoms with Gasteiger partial charge < -0.3 is 14.7 Å². The van der Waals surface area contributed by atoms with Crippen LogP contribution in [-0.4, -0.2) is 70.1 Å². The number of rotatable bonds is 8. The molecule has 0 radical (unpaired) electrons. The van der Waals surface area contributed by atoms with Crippen molar-refractivity contribution >= 4 is 17.8 Å². The maximum Gasteiger partial charge on any atom is 0.416 e. The topological polar surface area (TPSA) is 87.2 Å². The number of piperidine rings is 1. The van der Waals surface area contributed by atoms with Crippen molar-refractivity contribution < 1.29 is 50.6 Å².